The maximum Gasteiger partial charge on any atom is 0.573 e. The number of halogens is 3. The van der Waals surface area contributed by atoms with Gasteiger partial charge in [-0.05, 0) is 42.8 Å². The highest BCUT2D eigenvalue weighted by molar-refractivity contribution is 5.60. The SMILES string of the molecule is Cc1ccccc1-c1nnc(Nc2ccc(OC(F)(F)F)cc2)o1. The largest absolute Gasteiger partial charge is 0.573 e. The number of ether oxygens (including phenoxy) is 1. The van der Waals surface area contributed by atoms with Crippen LogP contribution in [0.25, 0.3) is 11.5 Å². The van der Waals surface area contributed by atoms with E-state index in [0.717, 1.165) is 11.1 Å². The van der Waals surface area contributed by atoms with E-state index >= 15 is 0 Å². The molecule has 0 aliphatic heterocycles. The van der Waals surface area contributed by atoms with Crippen molar-refractivity contribution in [3.63, 3.8) is 0 Å². The third-order valence-corrected chi connectivity index (χ3v) is 3.14. The molecule has 0 atom stereocenters. The number of nitrogens with one attached hydrogen (secondary N) is 1. The van der Waals surface area contributed by atoms with Crippen LogP contribution in [-0.2, 0) is 0 Å². The van der Waals surface area contributed by atoms with Gasteiger partial charge in [0.1, 0.15) is 5.75 Å². The zero-order valence-corrected chi connectivity index (χ0v) is 12.5. The Bertz CT molecular complexity index is 829. The fourth-order valence-corrected chi connectivity index (χ4v) is 2.06. The van der Waals surface area contributed by atoms with Gasteiger partial charge in [-0.1, -0.05) is 23.3 Å². The van der Waals surface area contributed by atoms with Crippen molar-refractivity contribution in [3.05, 3.63) is 54.1 Å². The van der Waals surface area contributed by atoms with E-state index in [4.69, 9.17) is 4.42 Å². The van der Waals surface area contributed by atoms with Crippen LogP contribution in [0, 0.1) is 6.92 Å². The number of benzene rings is 2. The van der Waals surface area contributed by atoms with E-state index < -0.39 is 6.36 Å². The van der Waals surface area contributed by atoms with Gasteiger partial charge < -0.3 is 14.5 Å². The van der Waals surface area contributed by atoms with Gasteiger partial charge in [-0.25, -0.2) is 0 Å². The number of rotatable bonds is 4. The zero-order chi connectivity index (χ0) is 17.2. The molecule has 24 heavy (non-hydrogen) atoms. The Morgan fingerprint density at radius 3 is 2.38 bits per heavy atom. The van der Waals surface area contributed by atoms with Crippen molar-refractivity contribution < 1.29 is 22.3 Å². The number of nitrogens with zero attached hydrogens (tertiary/aromatic N) is 2. The van der Waals surface area contributed by atoms with Crippen molar-refractivity contribution >= 4 is 11.7 Å². The first-order valence-electron chi connectivity index (χ1n) is 6.93. The molecule has 0 amide bonds. The van der Waals surface area contributed by atoms with Crippen LogP contribution in [0.1, 0.15) is 5.56 Å². The topological polar surface area (TPSA) is 60.2 Å². The van der Waals surface area contributed by atoms with E-state index in [1.54, 1.807) is 0 Å². The molecule has 0 unspecified atom stereocenters. The molecule has 2 aromatic carbocycles. The second-order valence-corrected chi connectivity index (χ2v) is 4.92. The molecular formula is C16H12F3N3O2. The Kier molecular flexibility index (Phi) is 4.11. The van der Waals surface area contributed by atoms with E-state index in [1.807, 2.05) is 31.2 Å². The Balaban J connectivity index is 1.72. The summed E-state index contributed by atoms with van der Waals surface area (Å²) in [6.07, 6.45) is -4.72. The van der Waals surface area contributed by atoms with Crippen LogP contribution >= 0.6 is 0 Å². The van der Waals surface area contributed by atoms with Crippen LogP contribution in [-0.4, -0.2) is 16.6 Å². The average Bonchev–Trinajstić information content (AvgIpc) is 2.96. The molecule has 0 aliphatic carbocycles. The highest BCUT2D eigenvalue weighted by Crippen LogP contribution is 2.27. The van der Waals surface area contributed by atoms with Crippen LogP contribution in [0.15, 0.2) is 52.9 Å². The average molecular weight is 335 g/mol. The summed E-state index contributed by atoms with van der Waals surface area (Å²) in [5.74, 6) is 0.0480. The Hall–Kier alpha value is -3.03. The van der Waals surface area contributed by atoms with Crippen LogP contribution in [0.3, 0.4) is 0 Å². The smallest absolute Gasteiger partial charge is 0.406 e. The van der Waals surface area contributed by atoms with Crippen molar-refractivity contribution in [3.8, 4) is 17.2 Å². The fourth-order valence-electron chi connectivity index (χ4n) is 2.06. The molecular weight excluding hydrogens is 323 g/mol. The van der Waals surface area contributed by atoms with E-state index in [-0.39, 0.29) is 11.8 Å². The number of aryl methyl sites for hydroxylation is 1. The first-order valence-corrected chi connectivity index (χ1v) is 6.93. The molecule has 3 rings (SSSR count). The van der Waals surface area contributed by atoms with Crippen LogP contribution in [0.2, 0.25) is 0 Å². The van der Waals surface area contributed by atoms with Crippen molar-refractivity contribution in [2.45, 2.75) is 13.3 Å². The summed E-state index contributed by atoms with van der Waals surface area (Å²) in [5, 5.41) is 10.7. The number of hydrogen-bond acceptors (Lipinski definition) is 5. The van der Waals surface area contributed by atoms with Crippen molar-refractivity contribution in [2.24, 2.45) is 0 Å². The minimum Gasteiger partial charge on any atom is -0.406 e. The molecule has 0 fully saturated rings. The normalized spacial score (nSPS) is 11.3. The third kappa shape index (κ3) is 3.83. The summed E-state index contributed by atoms with van der Waals surface area (Å²) in [5.41, 5.74) is 2.29. The molecule has 1 heterocycles. The predicted molar refractivity (Wildman–Crippen MR) is 80.9 cm³/mol. The van der Waals surface area contributed by atoms with Crippen molar-refractivity contribution in [1.29, 1.82) is 0 Å². The summed E-state index contributed by atoms with van der Waals surface area (Å²) in [6.45, 7) is 1.92. The number of hydrogen-bond donors (Lipinski definition) is 1. The summed E-state index contributed by atoms with van der Waals surface area (Å²) in [7, 11) is 0. The molecule has 124 valence electrons. The van der Waals surface area contributed by atoms with Gasteiger partial charge >= 0.3 is 12.4 Å². The standard InChI is InChI=1S/C16H12F3N3O2/c1-10-4-2-3-5-13(10)14-21-22-15(23-14)20-11-6-8-12(9-7-11)24-16(17,18)19/h2-9H,1H3,(H,20,22). The summed E-state index contributed by atoms with van der Waals surface area (Å²) >= 11 is 0. The maximum absolute atomic E-state index is 12.1. The predicted octanol–water partition coefficient (Wildman–Crippen LogP) is 4.69. The minimum absolute atomic E-state index is 0.137. The van der Waals surface area contributed by atoms with E-state index in [9.17, 15) is 13.2 Å². The van der Waals surface area contributed by atoms with Crippen LogP contribution in [0.5, 0.6) is 5.75 Å². The fraction of sp³-hybridized carbons (Fsp3) is 0.125. The number of anilines is 2. The lowest BCUT2D eigenvalue weighted by Gasteiger charge is -2.09. The highest BCUT2D eigenvalue weighted by Gasteiger charge is 2.30. The molecule has 0 aliphatic rings. The molecule has 0 saturated heterocycles. The number of aromatic nitrogens is 2. The van der Waals surface area contributed by atoms with Gasteiger partial charge in [0.2, 0.25) is 5.89 Å². The lowest BCUT2D eigenvalue weighted by atomic mass is 10.1. The van der Waals surface area contributed by atoms with Gasteiger partial charge in [0.25, 0.3) is 0 Å². The van der Waals surface area contributed by atoms with Crippen molar-refractivity contribution in [1.82, 2.24) is 10.2 Å². The van der Waals surface area contributed by atoms with Gasteiger partial charge in [0.15, 0.2) is 0 Å². The highest BCUT2D eigenvalue weighted by atomic mass is 19.4. The molecule has 5 nitrogen and oxygen atoms in total. The second-order valence-electron chi connectivity index (χ2n) is 4.92. The van der Waals surface area contributed by atoms with Gasteiger partial charge in [-0.15, -0.1) is 18.3 Å². The summed E-state index contributed by atoms with van der Waals surface area (Å²) in [6, 6.07) is 12.9. The second kappa shape index (κ2) is 6.23. The van der Waals surface area contributed by atoms with Crippen LogP contribution in [0.4, 0.5) is 24.9 Å². The summed E-state index contributed by atoms with van der Waals surface area (Å²) in [4.78, 5) is 0. The minimum atomic E-state index is -4.72. The lowest BCUT2D eigenvalue weighted by molar-refractivity contribution is -0.274. The molecule has 1 aromatic heterocycles. The van der Waals surface area contributed by atoms with E-state index in [1.165, 1.54) is 24.3 Å². The maximum atomic E-state index is 12.1. The third-order valence-electron chi connectivity index (χ3n) is 3.14. The molecule has 8 heteroatoms. The molecule has 0 saturated carbocycles. The molecule has 1 N–H and O–H groups in total. The van der Waals surface area contributed by atoms with E-state index in [0.29, 0.717) is 11.6 Å². The van der Waals surface area contributed by atoms with Crippen LogP contribution < -0.4 is 10.1 Å². The van der Waals surface area contributed by atoms with Crippen molar-refractivity contribution in [2.75, 3.05) is 5.32 Å². The first-order chi connectivity index (χ1) is 11.4. The first kappa shape index (κ1) is 15.9. The van der Waals surface area contributed by atoms with Gasteiger partial charge in [0.05, 0.1) is 0 Å². The quantitative estimate of drug-likeness (QED) is 0.750. The van der Waals surface area contributed by atoms with Gasteiger partial charge in [-0.2, -0.15) is 0 Å². The lowest BCUT2D eigenvalue weighted by Crippen LogP contribution is -2.16. The molecule has 0 spiro atoms. The number of alkyl halides is 3. The Labute approximate surface area is 135 Å². The van der Waals surface area contributed by atoms with Gasteiger partial charge in [-0.3, -0.25) is 0 Å². The summed E-state index contributed by atoms with van der Waals surface area (Å²) < 4.78 is 45.7. The molecule has 0 radical (unpaired) electrons. The molecule has 3 aromatic rings. The monoisotopic (exact) mass is 335 g/mol. The van der Waals surface area contributed by atoms with E-state index in [2.05, 4.69) is 20.3 Å². The Morgan fingerprint density at radius 2 is 1.71 bits per heavy atom. The molecule has 0 bridgehead atoms. The zero-order valence-electron chi connectivity index (χ0n) is 12.5. The van der Waals surface area contributed by atoms with Gasteiger partial charge in [0, 0.05) is 11.3 Å². The Morgan fingerprint density at radius 1 is 1.00 bits per heavy atom.